The van der Waals surface area contributed by atoms with E-state index in [0.717, 1.165) is 0 Å². The first-order chi connectivity index (χ1) is 6.63. The molecule has 1 aromatic carbocycles. The minimum Gasteiger partial charge on any atom is -0.468 e. The van der Waals surface area contributed by atoms with Crippen LogP contribution in [-0.2, 0) is 9.53 Å². The van der Waals surface area contributed by atoms with Crippen LogP contribution in [0.25, 0.3) is 0 Å². The molecular weight excluding hydrogens is 187 g/mol. The van der Waals surface area contributed by atoms with Crippen LogP contribution in [0.15, 0.2) is 18.2 Å². The van der Waals surface area contributed by atoms with Gasteiger partial charge in [0.1, 0.15) is 12.4 Å². The topological polar surface area (TPSA) is 64.3 Å². The molecule has 4 nitrogen and oxygen atoms in total. The maximum Gasteiger partial charge on any atom is 0.325 e. The van der Waals surface area contributed by atoms with Crippen molar-refractivity contribution in [2.24, 2.45) is 0 Å². The largest absolute Gasteiger partial charge is 0.468 e. The Bertz CT molecular complexity index is 342. The molecule has 0 aliphatic rings. The number of carbonyl (C=O) groups excluding carboxylic acids is 1. The summed E-state index contributed by atoms with van der Waals surface area (Å²) in [6.07, 6.45) is 0. The van der Waals surface area contributed by atoms with Gasteiger partial charge in [-0.05, 0) is 18.2 Å². The number of ether oxygens (including phenoxy) is 1. The van der Waals surface area contributed by atoms with Gasteiger partial charge in [0.05, 0.1) is 12.8 Å². The van der Waals surface area contributed by atoms with E-state index in [1.54, 1.807) is 6.07 Å². The Hall–Kier alpha value is -1.78. The van der Waals surface area contributed by atoms with Crippen LogP contribution in [0.5, 0.6) is 0 Å². The molecule has 0 aliphatic carbocycles. The third-order valence-corrected chi connectivity index (χ3v) is 1.64. The number of benzene rings is 1. The van der Waals surface area contributed by atoms with Gasteiger partial charge in [0.15, 0.2) is 0 Å². The average Bonchev–Trinajstić information content (AvgIpc) is 2.16. The van der Waals surface area contributed by atoms with Gasteiger partial charge in [-0.1, -0.05) is 0 Å². The second-order valence-electron chi connectivity index (χ2n) is 2.67. The summed E-state index contributed by atoms with van der Waals surface area (Å²) in [5.74, 6) is -0.949. The first kappa shape index (κ1) is 10.3. The predicted octanol–water partition coefficient (Wildman–Crippen LogP) is 0.993. The second kappa shape index (κ2) is 4.45. The quantitative estimate of drug-likeness (QED) is 0.561. The summed E-state index contributed by atoms with van der Waals surface area (Å²) in [7, 11) is 1.27. The van der Waals surface area contributed by atoms with E-state index in [9.17, 15) is 9.18 Å². The third-order valence-electron chi connectivity index (χ3n) is 1.64. The fraction of sp³-hybridized carbons (Fsp3) is 0.222. The van der Waals surface area contributed by atoms with Crippen molar-refractivity contribution < 1.29 is 13.9 Å². The van der Waals surface area contributed by atoms with Gasteiger partial charge in [-0.2, -0.15) is 0 Å². The lowest BCUT2D eigenvalue weighted by molar-refractivity contribution is -0.138. The molecule has 76 valence electrons. The Morgan fingerprint density at radius 1 is 1.64 bits per heavy atom. The number of carbonyl (C=O) groups is 1. The van der Waals surface area contributed by atoms with E-state index in [2.05, 4.69) is 10.1 Å². The Morgan fingerprint density at radius 3 is 2.93 bits per heavy atom. The summed E-state index contributed by atoms with van der Waals surface area (Å²) < 4.78 is 17.5. The maximum atomic E-state index is 13.1. The highest BCUT2D eigenvalue weighted by atomic mass is 19.1. The lowest BCUT2D eigenvalue weighted by atomic mass is 10.2. The zero-order chi connectivity index (χ0) is 10.6. The number of esters is 1. The molecule has 0 saturated heterocycles. The van der Waals surface area contributed by atoms with Gasteiger partial charge in [-0.25, -0.2) is 4.39 Å². The lowest BCUT2D eigenvalue weighted by Gasteiger charge is -2.06. The Morgan fingerprint density at radius 2 is 2.36 bits per heavy atom. The Kier molecular flexibility index (Phi) is 3.28. The highest BCUT2D eigenvalue weighted by molar-refractivity contribution is 5.75. The molecule has 0 aromatic heterocycles. The van der Waals surface area contributed by atoms with Crippen LogP contribution in [0.2, 0.25) is 0 Å². The summed E-state index contributed by atoms with van der Waals surface area (Å²) in [6, 6.07) is 4.19. The number of hydrogen-bond donors (Lipinski definition) is 2. The van der Waals surface area contributed by atoms with E-state index in [1.165, 1.54) is 19.2 Å². The third kappa shape index (κ3) is 2.62. The predicted molar refractivity (Wildman–Crippen MR) is 51.3 cm³/mol. The smallest absolute Gasteiger partial charge is 0.325 e. The van der Waals surface area contributed by atoms with Crippen molar-refractivity contribution in [3.8, 4) is 0 Å². The summed E-state index contributed by atoms with van der Waals surface area (Å²) in [6.45, 7) is -0.0721. The van der Waals surface area contributed by atoms with E-state index >= 15 is 0 Å². The van der Waals surface area contributed by atoms with E-state index in [0.29, 0.717) is 5.69 Å². The molecule has 0 saturated carbocycles. The van der Waals surface area contributed by atoms with Crippen LogP contribution in [0, 0.1) is 5.82 Å². The van der Waals surface area contributed by atoms with Crippen LogP contribution in [0.3, 0.4) is 0 Å². The van der Waals surface area contributed by atoms with E-state index < -0.39 is 11.8 Å². The zero-order valence-electron chi connectivity index (χ0n) is 7.71. The molecule has 5 heteroatoms. The molecule has 0 amide bonds. The number of nitrogens with one attached hydrogen (secondary N) is 1. The SMILES string of the molecule is COC(=O)CNc1ccc(N)cc1F. The fourth-order valence-electron chi connectivity index (χ4n) is 0.914. The molecule has 0 heterocycles. The van der Waals surface area contributed by atoms with Crippen molar-refractivity contribution >= 4 is 17.3 Å². The molecule has 0 unspecified atom stereocenters. The summed E-state index contributed by atoms with van der Waals surface area (Å²) in [5, 5.41) is 2.59. The number of methoxy groups -OCH3 is 1. The minimum atomic E-state index is -0.492. The zero-order valence-corrected chi connectivity index (χ0v) is 7.71. The number of halogens is 1. The minimum absolute atomic E-state index is 0.0721. The van der Waals surface area contributed by atoms with Crippen molar-refractivity contribution in [3.63, 3.8) is 0 Å². The Labute approximate surface area is 80.9 Å². The summed E-state index contributed by atoms with van der Waals surface area (Å²) >= 11 is 0. The molecule has 0 spiro atoms. The Balaban J connectivity index is 2.63. The van der Waals surface area contributed by atoms with Crippen molar-refractivity contribution in [1.82, 2.24) is 0 Å². The highest BCUT2D eigenvalue weighted by Crippen LogP contribution is 2.16. The van der Waals surface area contributed by atoms with Gasteiger partial charge in [0.2, 0.25) is 0 Å². The number of rotatable bonds is 3. The van der Waals surface area contributed by atoms with Gasteiger partial charge >= 0.3 is 5.97 Å². The number of anilines is 2. The van der Waals surface area contributed by atoms with Crippen molar-refractivity contribution in [2.45, 2.75) is 0 Å². The fourth-order valence-corrected chi connectivity index (χ4v) is 0.914. The van der Waals surface area contributed by atoms with E-state index in [4.69, 9.17) is 5.73 Å². The van der Waals surface area contributed by atoms with E-state index in [-0.39, 0.29) is 12.2 Å². The normalized spacial score (nSPS) is 9.57. The van der Waals surface area contributed by atoms with Crippen LogP contribution in [0.1, 0.15) is 0 Å². The number of hydrogen-bond acceptors (Lipinski definition) is 4. The highest BCUT2D eigenvalue weighted by Gasteiger charge is 2.04. The molecule has 0 radical (unpaired) electrons. The number of nitrogen functional groups attached to an aromatic ring is 1. The van der Waals surface area contributed by atoms with Crippen LogP contribution < -0.4 is 11.1 Å². The van der Waals surface area contributed by atoms with Gasteiger partial charge in [-0.15, -0.1) is 0 Å². The number of nitrogens with two attached hydrogens (primary N) is 1. The lowest BCUT2D eigenvalue weighted by Crippen LogP contribution is -2.15. The molecular formula is C9H11FN2O2. The molecule has 0 bridgehead atoms. The summed E-state index contributed by atoms with van der Waals surface area (Å²) in [5.41, 5.74) is 5.92. The van der Waals surface area contributed by atoms with Gasteiger partial charge in [-0.3, -0.25) is 4.79 Å². The van der Waals surface area contributed by atoms with Crippen LogP contribution in [0.4, 0.5) is 15.8 Å². The first-order valence-electron chi connectivity index (χ1n) is 3.99. The van der Waals surface area contributed by atoms with Crippen molar-refractivity contribution in [1.29, 1.82) is 0 Å². The average molecular weight is 198 g/mol. The molecule has 0 fully saturated rings. The molecule has 1 aromatic rings. The van der Waals surface area contributed by atoms with Gasteiger partial charge in [0.25, 0.3) is 0 Å². The van der Waals surface area contributed by atoms with Crippen LogP contribution >= 0.6 is 0 Å². The van der Waals surface area contributed by atoms with Gasteiger partial charge < -0.3 is 15.8 Å². The first-order valence-corrected chi connectivity index (χ1v) is 3.99. The maximum absolute atomic E-state index is 13.1. The summed E-state index contributed by atoms with van der Waals surface area (Å²) in [4.78, 5) is 10.7. The standard InChI is InChI=1S/C9H11FN2O2/c1-14-9(13)5-12-8-3-2-6(11)4-7(8)10/h2-4,12H,5,11H2,1H3. The van der Waals surface area contributed by atoms with Crippen molar-refractivity contribution in [3.05, 3.63) is 24.0 Å². The molecule has 1 rings (SSSR count). The monoisotopic (exact) mass is 198 g/mol. The van der Waals surface area contributed by atoms with Crippen LogP contribution in [-0.4, -0.2) is 19.6 Å². The molecule has 0 atom stereocenters. The molecule has 14 heavy (non-hydrogen) atoms. The molecule has 0 aliphatic heterocycles. The van der Waals surface area contributed by atoms with Crippen molar-refractivity contribution in [2.75, 3.05) is 24.7 Å². The second-order valence-corrected chi connectivity index (χ2v) is 2.67. The molecule has 3 N–H and O–H groups in total. The van der Waals surface area contributed by atoms with Gasteiger partial charge in [0, 0.05) is 5.69 Å². The van der Waals surface area contributed by atoms with E-state index in [1.807, 2.05) is 0 Å².